The van der Waals surface area contributed by atoms with Crippen LogP contribution in [0, 0.1) is 0 Å². The van der Waals surface area contributed by atoms with Crippen LogP contribution in [-0.4, -0.2) is 120 Å². The average Bonchev–Trinajstić information content (AvgIpc) is 3.52. The Hall–Kier alpha value is -2.63. The predicted molar refractivity (Wildman–Crippen MR) is 119 cm³/mol. The molecule has 0 aromatic carbocycles. The summed E-state index contributed by atoms with van der Waals surface area (Å²) in [5.74, 6) is -0.887. The number of hydrogen-bond donors (Lipinski definition) is 0. The fourth-order valence-corrected chi connectivity index (χ4v) is 5.57. The van der Waals surface area contributed by atoms with Gasteiger partial charge < -0.3 is 24.3 Å². The molecule has 4 aliphatic rings. The zero-order valence-electron chi connectivity index (χ0n) is 18.6. The molecule has 5 rings (SSSR count). The molecule has 4 heterocycles. The first-order valence-electron chi connectivity index (χ1n) is 11.4. The number of carbonyl (C=O) groups is 4. The second-order valence-corrected chi connectivity index (χ2v) is 9.83. The molecule has 0 saturated carbocycles. The highest BCUT2D eigenvalue weighted by atomic mass is 32.1. The highest BCUT2D eigenvalue weighted by molar-refractivity contribution is 7.16. The summed E-state index contributed by atoms with van der Waals surface area (Å²) in [4.78, 5) is 63.4. The quantitative estimate of drug-likeness (QED) is 0.610. The summed E-state index contributed by atoms with van der Waals surface area (Å²) in [5, 5.41) is 0.147. The number of amides is 2. The van der Waals surface area contributed by atoms with E-state index in [4.69, 9.17) is 4.74 Å². The number of aromatic nitrogens is 1. The number of thiazole rings is 1. The Morgan fingerprint density at radius 2 is 1.73 bits per heavy atom. The van der Waals surface area contributed by atoms with Gasteiger partial charge in [0.15, 0.2) is 10.8 Å². The molecular weight excluding hydrogens is 446 g/mol. The van der Waals surface area contributed by atoms with Gasteiger partial charge in [0.2, 0.25) is 5.78 Å². The van der Waals surface area contributed by atoms with Crippen LogP contribution in [0.1, 0.15) is 42.8 Å². The molecule has 0 radical (unpaired) electrons. The molecule has 10 nitrogen and oxygen atoms in total. The highest BCUT2D eigenvalue weighted by Gasteiger charge is 2.36. The molecule has 1 aromatic rings. The van der Waals surface area contributed by atoms with Crippen molar-refractivity contribution in [1.29, 1.82) is 0 Å². The standard InChI is InChI=1S/C22H27N5O5S/c1-24-4-6-25(7-5-24)14-13-15(28)19-17(18(14)29)23-20(33-19)22(31)27-10-8-26(9-11-27)21(30)16-3-2-12-32-16/h13,16H,2-12H2,1H3. The summed E-state index contributed by atoms with van der Waals surface area (Å²) < 4.78 is 5.48. The number of hydrogen-bond acceptors (Lipinski definition) is 9. The molecular formula is C22H27N5O5S. The number of ether oxygens (including phenoxy) is 1. The van der Waals surface area contributed by atoms with E-state index in [1.807, 2.05) is 11.9 Å². The van der Waals surface area contributed by atoms with Crippen LogP contribution < -0.4 is 0 Å². The molecule has 0 bridgehead atoms. The molecule has 1 aliphatic carbocycles. The summed E-state index contributed by atoms with van der Waals surface area (Å²) in [5.41, 5.74) is 0.447. The summed E-state index contributed by atoms with van der Waals surface area (Å²) >= 11 is 0.981. The third-order valence-electron chi connectivity index (χ3n) is 6.68. The van der Waals surface area contributed by atoms with Gasteiger partial charge in [-0.1, -0.05) is 0 Å². The molecule has 0 N–H and O–H groups in total. The zero-order valence-corrected chi connectivity index (χ0v) is 19.4. The van der Waals surface area contributed by atoms with E-state index in [0.29, 0.717) is 51.6 Å². The molecule has 1 atom stereocenters. The van der Waals surface area contributed by atoms with Gasteiger partial charge in [-0.2, -0.15) is 0 Å². The Morgan fingerprint density at radius 3 is 2.39 bits per heavy atom. The smallest absolute Gasteiger partial charge is 0.282 e. The van der Waals surface area contributed by atoms with Crippen LogP contribution in [0.5, 0.6) is 0 Å². The molecule has 2 amide bonds. The number of allylic oxidation sites excluding steroid dienone is 2. The Labute approximate surface area is 195 Å². The second kappa shape index (κ2) is 8.96. The van der Waals surface area contributed by atoms with Crippen LogP contribution in [0.25, 0.3) is 0 Å². The number of nitrogens with zero attached hydrogens (tertiary/aromatic N) is 5. The van der Waals surface area contributed by atoms with E-state index in [1.54, 1.807) is 9.80 Å². The predicted octanol–water partition coefficient (Wildman–Crippen LogP) is 0.117. The van der Waals surface area contributed by atoms with E-state index in [1.165, 1.54) is 6.08 Å². The molecule has 176 valence electrons. The SMILES string of the molecule is CN1CCN(C2=CC(=O)c3sc(C(=O)N4CCN(C(=O)C5CCCO5)CC4)nc3C2=O)CC1. The number of ketones is 2. The normalized spacial score (nSPS) is 24.2. The van der Waals surface area contributed by atoms with E-state index >= 15 is 0 Å². The maximum Gasteiger partial charge on any atom is 0.282 e. The van der Waals surface area contributed by atoms with Crippen LogP contribution in [0.4, 0.5) is 0 Å². The van der Waals surface area contributed by atoms with Crippen LogP contribution in [0.3, 0.4) is 0 Å². The van der Waals surface area contributed by atoms with Gasteiger partial charge in [0, 0.05) is 65.0 Å². The number of fused-ring (bicyclic) bond motifs is 1. The van der Waals surface area contributed by atoms with Crippen LogP contribution >= 0.6 is 11.3 Å². The molecule has 11 heteroatoms. The Morgan fingerprint density at radius 1 is 1.03 bits per heavy atom. The Bertz CT molecular complexity index is 1010. The summed E-state index contributed by atoms with van der Waals surface area (Å²) in [7, 11) is 2.02. The van der Waals surface area contributed by atoms with Crippen molar-refractivity contribution < 1.29 is 23.9 Å². The van der Waals surface area contributed by atoms with E-state index < -0.39 is 0 Å². The Kier molecular flexibility index (Phi) is 6.02. The average molecular weight is 474 g/mol. The monoisotopic (exact) mass is 473 g/mol. The fraction of sp³-hybridized carbons (Fsp3) is 0.591. The lowest BCUT2D eigenvalue weighted by molar-refractivity contribution is -0.142. The lowest BCUT2D eigenvalue weighted by Crippen LogP contribution is -2.52. The summed E-state index contributed by atoms with van der Waals surface area (Å²) in [6.45, 7) is 5.21. The van der Waals surface area contributed by atoms with E-state index in [2.05, 4.69) is 9.88 Å². The number of piperazine rings is 2. The first kappa shape index (κ1) is 22.2. The van der Waals surface area contributed by atoms with Crippen molar-refractivity contribution in [2.45, 2.75) is 18.9 Å². The van der Waals surface area contributed by atoms with Crippen molar-refractivity contribution in [1.82, 2.24) is 24.6 Å². The Balaban J connectivity index is 1.25. The molecule has 1 aromatic heterocycles. The van der Waals surface area contributed by atoms with Crippen molar-refractivity contribution in [3.63, 3.8) is 0 Å². The fourth-order valence-electron chi connectivity index (χ4n) is 4.63. The van der Waals surface area contributed by atoms with E-state index in [-0.39, 0.29) is 45.1 Å². The van der Waals surface area contributed by atoms with Gasteiger partial charge in [-0.25, -0.2) is 4.98 Å². The van der Waals surface area contributed by atoms with Crippen molar-refractivity contribution in [2.75, 3.05) is 66.0 Å². The lowest BCUT2D eigenvalue weighted by atomic mass is 10.0. The van der Waals surface area contributed by atoms with Gasteiger partial charge in [0.1, 0.15) is 16.7 Å². The number of Topliss-reactive ketones (excluding diaryl/α,β-unsaturated/α-hetero) is 1. The minimum absolute atomic E-state index is 0.0111. The van der Waals surface area contributed by atoms with Gasteiger partial charge >= 0.3 is 0 Å². The third kappa shape index (κ3) is 4.20. The largest absolute Gasteiger partial charge is 0.368 e. The maximum atomic E-state index is 13.1. The van der Waals surface area contributed by atoms with Gasteiger partial charge in [0.25, 0.3) is 11.8 Å². The summed E-state index contributed by atoms with van der Waals surface area (Å²) in [6.07, 6.45) is 2.66. The van der Waals surface area contributed by atoms with Crippen molar-refractivity contribution in [2.24, 2.45) is 0 Å². The van der Waals surface area contributed by atoms with Crippen LogP contribution in [0.2, 0.25) is 0 Å². The minimum Gasteiger partial charge on any atom is -0.368 e. The number of likely N-dealkylation sites (N-methyl/N-ethyl adjacent to an activating group) is 1. The van der Waals surface area contributed by atoms with Crippen molar-refractivity contribution in [3.8, 4) is 0 Å². The molecule has 33 heavy (non-hydrogen) atoms. The minimum atomic E-state index is -0.364. The third-order valence-corrected chi connectivity index (χ3v) is 7.73. The van der Waals surface area contributed by atoms with Crippen molar-refractivity contribution >= 4 is 34.7 Å². The van der Waals surface area contributed by atoms with Gasteiger partial charge in [-0.3, -0.25) is 19.2 Å². The topological polar surface area (TPSA) is 103 Å². The second-order valence-electron chi connectivity index (χ2n) is 8.83. The van der Waals surface area contributed by atoms with E-state index in [0.717, 1.165) is 37.3 Å². The first-order chi connectivity index (χ1) is 15.9. The molecule has 3 saturated heterocycles. The molecule has 3 aliphatic heterocycles. The molecule has 1 unspecified atom stereocenters. The lowest BCUT2D eigenvalue weighted by Gasteiger charge is -2.35. The van der Waals surface area contributed by atoms with Crippen molar-refractivity contribution in [3.05, 3.63) is 27.4 Å². The van der Waals surface area contributed by atoms with Gasteiger partial charge in [-0.05, 0) is 19.9 Å². The summed E-state index contributed by atoms with van der Waals surface area (Å²) in [6, 6.07) is 0. The molecule has 3 fully saturated rings. The molecule has 0 spiro atoms. The first-order valence-corrected chi connectivity index (χ1v) is 12.2. The van der Waals surface area contributed by atoms with Crippen LogP contribution in [0.15, 0.2) is 11.8 Å². The number of rotatable bonds is 3. The zero-order chi connectivity index (χ0) is 23.1. The van der Waals surface area contributed by atoms with Crippen LogP contribution in [-0.2, 0) is 9.53 Å². The number of carbonyl (C=O) groups excluding carboxylic acids is 4. The van der Waals surface area contributed by atoms with E-state index in [9.17, 15) is 19.2 Å². The highest BCUT2D eigenvalue weighted by Crippen LogP contribution is 2.29. The maximum absolute atomic E-state index is 13.1. The van der Waals surface area contributed by atoms with Gasteiger partial charge in [-0.15, -0.1) is 11.3 Å². The van der Waals surface area contributed by atoms with Gasteiger partial charge in [0.05, 0.1) is 5.70 Å².